The van der Waals surface area contributed by atoms with Crippen molar-refractivity contribution in [2.24, 2.45) is 0 Å². The van der Waals surface area contributed by atoms with Crippen molar-refractivity contribution in [1.29, 1.82) is 0 Å². The molecule has 1 atom stereocenters. The largest absolute Gasteiger partial charge is 0.449 e. The summed E-state index contributed by atoms with van der Waals surface area (Å²) in [4.78, 5) is 37.2. The molecule has 9 heteroatoms. The van der Waals surface area contributed by atoms with E-state index in [0.29, 0.717) is 25.0 Å². The molecule has 0 fully saturated rings. The number of benzene rings is 3. The van der Waals surface area contributed by atoms with Gasteiger partial charge in [-0.2, -0.15) is 13.2 Å². The molecule has 0 spiro atoms. The molecule has 0 heterocycles. The van der Waals surface area contributed by atoms with Crippen LogP contribution >= 0.6 is 0 Å². The van der Waals surface area contributed by atoms with Gasteiger partial charge in [0.15, 0.2) is 6.10 Å². The molecular formula is C37H43F3O6. The predicted molar refractivity (Wildman–Crippen MR) is 171 cm³/mol. The number of hydrogen-bond acceptors (Lipinski definition) is 6. The van der Waals surface area contributed by atoms with Crippen molar-refractivity contribution in [2.75, 3.05) is 0 Å². The van der Waals surface area contributed by atoms with E-state index in [0.717, 1.165) is 43.2 Å². The summed E-state index contributed by atoms with van der Waals surface area (Å²) in [5, 5.41) is 0. The van der Waals surface area contributed by atoms with Crippen molar-refractivity contribution >= 4 is 17.9 Å². The lowest BCUT2D eigenvalue weighted by Crippen LogP contribution is -2.33. The van der Waals surface area contributed by atoms with E-state index in [1.807, 2.05) is 19.1 Å². The highest BCUT2D eigenvalue weighted by molar-refractivity contribution is 5.92. The number of esters is 3. The zero-order valence-corrected chi connectivity index (χ0v) is 26.6. The number of carbonyl (C=O) groups is 3. The van der Waals surface area contributed by atoms with Gasteiger partial charge >= 0.3 is 24.1 Å². The summed E-state index contributed by atoms with van der Waals surface area (Å²) in [5.74, 6) is -1.38. The zero-order valence-electron chi connectivity index (χ0n) is 26.6. The van der Waals surface area contributed by atoms with Gasteiger partial charge < -0.3 is 14.2 Å². The average molecular weight is 641 g/mol. The number of halogens is 3. The van der Waals surface area contributed by atoms with Gasteiger partial charge in [-0.15, -0.1) is 0 Å². The maximum atomic E-state index is 13.4. The molecule has 0 amide bonds. The molecule has 6 nitrogen and oxygen atoms in total. The number of carbonyl (C=O) groups excluding carboxylic acids is 3. The Morgan fingerprint density at radius 1 is 0.587 bits per heavy atom. The minimum absolute atomic E-state index is 0.0782. The van der Waals surface area contributed by atoms with Crippen LogP contribution < -0.4 is 9.47 Å². The SMILES string of the molecule is CCCCCCCCC(=O)Oc1ccc(-c2ccc(C(=O)Oc3ccc(C(=O)OC(CCCCCC)C(F)(F)F)cc3)cc2)cc1. The van der Waals surface area contributed by atoms with E-state index < -0.39 is 24.2 Å². The number of alkyl halides is 3. The summed E-state index contributed by atoms with van der Waals surface area (Å²) in [6.45, 7) is 4.13. The fraction of sp³-hybridized carbons (Fsp3) is 0.432. The lowest BCUT2D eigenvalue weighted by Gasteiger charge is -2.20. The predicted octanol–water partition coefficient (Wildman–Crippen LogP) is 10.3. The van der Waals surface area contributed by atoms with Crippen LogP contribution in [0.2, 0.25) is 0 Å². The van der Waals surface area contributed by atoms with Crippen LogP contribution in [-0.4, -0.2) is 30.2 Å². The van der Waals surface area contributed by atoms with Gasteiger partial charge in [0.05, 0.1) is 11.1 Å². The third-order valence-corrected chi connectivity index (χ3v) is 7.51. The molecule has 0 radical (unpaired) electrons. The highest BCUT2D eigenvalue weighted by atomic mass is 19.4. The Bertz CT molecular complexity index is 1370. The molecule has 0 aliphatic rings. The second kappa shape index (κ2) is 18.7. The van der Waals surface area contributed by atoms with Crippen LogP contribution in [0.1, 0.15) is 112 Å². The fourth-order valence-electron chi connectivity index (χ4n) is 4.81. The maximum Gasteiger partial charge on any atom is 0.425 e. The van der Waals surface area contributed by atoms with Gasteiger partial charge in [0.2, 0.25) is 0 Å². The Labute approximate surface area is 269 Å². The molecule has 46 heavy (non-hydrogen) atoms. The first kappa shape index (κ1) is 36.3. The Morgan fingerprint density at radius 2 is 1.04 bits per heavy atom. The monoisotopic (exact) mass is 640 g/mol. The molecule has 3 aromatic carbocycles. The molecule has 0 bridgehead atoms. The summed E-state index contributed by atoms with van der Waals surface area (Å²) < 4.78 is 55.7. The van der Waals surface area contributed by atoms with E-state index in [2.05, 4.69) is 6.92 Å². The molecule has 3 rings (SSSR count). The zero-order chi connectivity index (χ0) is 33.4. The molecule has 3 aromatic rings. The minimum Gasteiger partial charge on any atom is -0.449 e. The van der Waals surface area contributed by atoms with Crippen molar-refractivity contribution in [3.63, 3.8) is 0 Å². The molecule has 1 unspecified atom stereocenters. The third-order valence-electron chi connectivity index (χ3n) is 7.51. The highest BCUT2D eigenvalue weighted by Gasteiger charge is 2.42. The molecular weight excluding hydrogens is 597 g/mol. The van der Waals surface area contributed by atoms with Crippen LogP contribution in [0.3, 0.4) is 0 Å². The van der Waals surface area contributed by atoms with Crippen molar-refractivity contribution in [2.45, 2.75) is 103 Å². The average Bonchev–Trinajstić information content (AvgIpc) is 3.04. The molecule has 0 N–H and O–H groups in total. The van der Waals surface area contributed by atoms with E-state index in [1.165, 1.54) is 43.5 Å². The lowest BCUT2D eigenvalue weighted by atomic mass is 10.0. The second-order valence-corrected chi connectivity index (χ2v) is 11.3. The van der Waals surface area contributed by atoms with E-state index in [4.69, 9.17) is 14.2 Å². The van der Waals surface area contributed by atoms with Crippen LogP contribution in [0.5, 0.6) is 11.5 Å². The standard InChI is InChI=1S/C37H43F3O6/c1-3-5-7-9-10-12-14-34(41)44-31-23-19-28(20-24-31)27-15-17-29(18-16-27)35(42)45-32-25-21-30(22-26-32)36(43)46-33(37(38,39)40)13-11-8-6-4-2/h15-26,33H,3-14H2,1-2H3. The first-order valence-electron chi connectivity index (χ1n) is 16.1. The van der Waals surface area contributed by atoms with Crippen LogP contribution in [-0.2, 0) is 9.53 Å². The van der Waals surface area contributed by atoms with Crippen molar-refractivity contribution < 1.29 is 41.8 Å². The summed E-state index contributed by atoms with van der Waals surface area (Å²) in [6.07, 6.45) is 2.50. The Hall–Kier alpha value is -4.14. The van der Waals surface area contributed by atoms with Gasteiger partial charge in [-0.3, -0.25) is 4.79 Å². The topological polar surface area (TPSA) is 78.9 Å². The van der Waals surface area contributed by atoms with Crippen LogP contribution in [0.15, 0.2) is 72.8 Å². The van der Waals surface area contributed by atoms with Gasteiger partial charge in [-0.25, -0.2) is 9.59 Å². The number of rotatable bonds is 18. The summed E-state index contributed by atoms with van der Waals surface area (Å²) >= 11 is 0. The number of unbranched alkanes of at least 4 members (excludes halogenated alkanes) is 8. The first-order valence-corrected chi connectivity index (χ1v) is 16.1. The third kappa shape index (κ3) is 12.3. The summed E-state index contributed by atoms with van der Waals surface area (Å²) in [5.41, 5.74) is 1.91. The van der Waals surface area contributed by atoms with E-state index in [-0.39, 0.29) is 29.3 Å². The van der Waals surface area contributed by atoms with Crippen molar-refractivity contribution in [3.8, 4) is 22.6 Å². The van der Waals surface area contributed by atoms with E-state index in [9.17, 15) is 27.6 Å². The highest BCUT2D eigenvalue weighted by Crippen LogP contribution is 2.29. The lowest BCUT2D eigenvalue weighted by molar-refractivity contribution is -0.206. The molecule has 0 saturated heterocycles. The van der Waals surface area contributed by atoms with Crippen molar-refractivity contribution in [1.82, 2.24) is 0 Å². The summed E-state index contributed by atoms with van der Waals surface area (Å²) in [6, 6.07) is 19.0. The van der Waals surface area contributed by atoms with Crippen molar-refractivity contribution in [3.05, 3.63) is 83.9 Å². The summed E-state index contributed by atoms with van der Waals surface area (Å²) in [7, 11) is 0. The number of hydrogen-bond donors (Lipinski definition) is 0. The van der Waals surface area contributed by atoms with Crippen LogP contribution in [0.4, 0.5) is 13.2 Å². The smallest absolute Gasteiger partial charge is 0.425 e. The van der Waals surface area contributed by atoms with Gasteiger partial charge in [0.25, 0.3) is 0 Å². The number of ether oxygens (including phenoxy) is 3. The quantitative estimate of drug-likeness (QED) is 0.0782. The molecule has 0 aromatic heterocycles. The van der Waals surface area contributed by atoms with Gasteiger partial charge in [0.1, 0.15) is 11.5 Å². The Balaban J connectivity index is 1.49. The van der Waals surface area contributed by atoms with Gasteiger partial charge in [-0.1, -0.05) is 89.5 Å². The van der Waals surface area contributed by atoms with E-state index in [1.54, 1.807) is 36.4 Å². The molecule has 248 valence electrons. The maximum absolute atomic E-state index is 13.4. The second-order valence-electron chi connectivity index (χ2n) is 11.3. The fourth-order valence-corrected chi connectivity index (χ4v) is 4.81. The van der Waals surface area contributed by atoms with E-state index >= 15 is 0 Å². The normalized spacial score (nSPS) is 11.9. The van der Waals surface area contributed by atoms with Crippen LogP contribution in [0.25, 0.3) is 11.1 Å². The van der Waals surface area contributed by atoms with Gasteiger partial charge in [0, 0.05) is 6.42 Å². The molecule has 0 aliphatic heterocycles. The van der Waals surface area contributed by atoms with Gasteiger partial charge in [-0.05, 0) is 78.9 Å². The molecule has 0 saturated carbocycles. The first-order chi connectivity index (χ1) is 22.1. The Morgan fingerprint density at radius 3 is 1.63 bits per heavy atom. The Kier molecular flexibility index (Phi) is 14.8. The van der Waals surface area contributed by atoms with Crippen LogP contribution in [0, 0.1) is 0 Å². The minimum atomic E-state index is -4.65. The molecule has 0 aliphatic carbocycles.